The number of hydrogen-bond donors (Lipinski definition) is 1. The molecule has 1 aromatic rings. The third-order valence-corrected chi connectivity index (χ3v) is 2.46. The Morgan fingerprint density at radius 2 is 1.93 bits per heavy atom. The zero-order valence-electron chi connectivity index (χ0n) is 9.58. The van der Waals surface area contributed by atoms with E-state index >= 15 is 0 Å². The Bertz CT molecular complexity index is 333. The number of aliphatic hydroxyl groups excluding tert-OH is 1. The molecule has 0 unspecified atom stereocenters. The van der Waals surface area contributed by atoms with Crippen molar-refractivity contribution in [2.45, 2.75) is 26.4 Å². The van der Waals surface area contributed by atoms with Gasteiger partial charge in [0, 0.05) is 0 Å². The summed E-state index contributed by atoms with van der Waals surface area (Å²) in [6, 6.07) is 3.92. The third-order valence-electron chi connectivity index (χ3n) is 2.46. The summed E-state index contributed by atoms with van der Waals surface area (Å²) in [4.78, 5) is 0. The van der Waals surface area contributed by atoms with E-state index in [4.69, 9.17) is 4.74 Å². The second-order valence-electron chi connectivity index (χ2n) is 3.73. The lowest BCUT2D eigenvalue weighted by Crippen LogP contribution is -1.99. The van der Waals surface area contributed by atoms with Gasteiger partial charge in [-0.1, -0.05) is 6.08 Å². The molecule has 1 aromatic carbocycles. The van der Waals surface area contributed by atoms with Crippen LogP contribution < -0.4 is 4.74 Å². The highest BCUT2D eigenvalue weighted by molar-refractivity contribution is 5.43. The standard InChI is InChI=1S/C13H18O2/c1-5-6-12(14)11-7-9(2)13(15-4)10(3)8-11/h5,7-8,12,14H,1,6H2,2-4H3/t12-/m0/s1. The lowest BCUT2D eigenvalue weighted by Gasteiger charge is -2.14. The molecule has 0 aliphatic heterocycles. The van der Waals surface area contributed by atoms with Crippen molar-refractivity contribution >= 4 is 0 Å². The number of ether oxygens (including phenoxy) is 1. The number of rotatable bonds is 4. The Kier molecular flexibility index (Phi) is 3.92. The van der Waals surface area contributed by atoms with Crippen LogP contribution in [0, 0.1) is 13.8 Å². The van der Waals surface area contributed by atoms with Gasteiger partial charge in [-0.3, -0.25) is 0 Å². The zero-order valence-corrected chi connectivity index (χ0v) is 9.58. The Morgan fingerprint density at radius 3 is 2.33 bits per heavy atom. The van der Waals surface area contributed by atoms with Crippen molar-refractivity contribution < 1.29 is 9.84 Å². The highest BCUT2D eigenvalue weighted by Crippen LogP contribution is 2.28. The molecule has 0 saturated carbocycles. The van der Waals surface area contributed by atoms with Gasteiger partial charge in [-0.15, -0.1) is 6.58 Å². The van der Waals surface area contributed by atoms with Crippen LogP contribution in [-0.4, -0.2) is 12.2 Å². The van der Waals surface area contributed by atoms with Gasteiger partial charge in [-0.25, -0.2) is 0 Å². The fourth-order valence-electron chi connectivity index (χ4n) is 1.79. The average molecular weight is 206 g/mol. The summed E-state index contributed by atoms with van der Waals surface area (Å²) in [6.45, 7) is 7.58. The maximum absolute atomic E-state index is 9.82. The number of benzene rings is 1. The summed E-state index contributed by atoms with van der Waals surface area (Å²) in [5, 5.41) is 9.82. The molecule has 1 N–H and O–H groups in total. The van der Waals surface area contributed by atoms with Gasteiger partial charge in [0.25, 0.3) is 0 Å². The smallest absolute Gasteiger partial charge is 0.124 e. The van der Waals surface area contributed by atoms with Crippen LogP contribution in [0.5, 0.6) is 5.75 Å². The molecule has 0 bridgehead atoms. The van der Waals surface area contributed by atoms with Gasteiger partial charge in [0.1, 0.15) is 5.75 Å². The van der Waals surface area contributed by atoms with Crippen LogP contribution in [0.3, 0.4) is 0 Å². The quantitative estimate of drug-likeness (QED) is 0.767. The molecular formula is C13H18O2. The molecule has 0 amide bonds. The Hall–Kier alpha value is -1.28. The minimum atomic E-state index is -0.467. The average Bonchev–Trinajstić information content (AvgIpc) is 2.17. The van der Waals surface area contributed by atoms with Crippen LogP contribution in [-0.2, 0) is 0 Å². The molecule has 0 aromatic heterocycles. The van der Waals surface area contributed by atoms with Crippen LogP contribution >= 0.6 is 0 Å². The Balaban J connectivity index is 3.07. The lowest BCUT2D eigenvalue weighted by atomic mass is 10.0. The lowest BCUT2D eigenvalue weighted by molar-refractivity contribution is 0.181. The predicted molar refractivity (Wildman–Crippen MR) is 62.2 cm³/mol. The largest absolute Gasteiger partial charge is 0.496 e. The zero-order chi connectivity index (χ0) is 11.4. The molecule has 2 nitrogen and oxygen atoms in total. The number of aliphatic hydroxyl groups is 1. The van der Waals surface area contributed by atoms with E-state index in [1.807, 2.05) is 26.0 Å². The van der Waals surface area contributed by atoms with E-state index in [1.54, 1.807) is 13.2 Å². The van der Waals surface area contributed by atoms with Gasteiger partial charge < -0.3 is 9.84 Å². The Morgan fingerprint density at radius 1 is 1.40 bits per heavy atom. The first-order valence-corrected chi connectivity index (χ1v) is 5.04. The summed E-state index contributed by atoms with van der Waals surface area (Å²) >= 11 is 0. The predicted octanol–water partition coefficient (Wildman–Crippen LogP) is 2.92. The Labute approximate surface area is 91.2 Å². The van der Waals surface area contributed by atoms with E-state index in [2.05, 4.69) is 6.58 Å². The molecule has 0 aliphatic rings. The van der Waals surface area contributed by atoms with Crippen LogP contribution in [0.4, 0.5) is 0 Å². The SMILES string of the molecule is C=CC[C@H](O)c1cc(C)c(OC)c(C)c1. The van der Waals surface area contributed by atoms with Crippen molar-refractivity contribution in [2.75, 3.05) is 7.11 Å². The summed E-state index contributed by atoms with van der Waals surface area (Å²) in [5.74, 6) is 0.893. The topological polar surface area (TPSA) is 29.5 Å². The minimum Gasteiger partial charge on any atom is -0.496 e. The van der Waals surface area contributed by atoms with E-state index in [0.29, 0.717) is 6.42 Å². The van der Waals surface area contributed by atoms with E-state index in [9.17, 15) is 5.11 Å². The van der Waals surface area contributed by atoms with Crippen molar-refractivity contribution in [3.63, 3.8) is 0 Å². The summed E-state index contributed by atoms with van der Waals surface area (Å²) in [6.07, 6.45) is 1.83. The first kappa shape index (κ1) is 11.8. The van der Waals surface area contributed by atoms with E-state index < -0.39 is 6.10 Å². The highest BCUT2D eigenvalue weighted by Gasteiger charge is 2.10. The highest BCUT2D eigenvalue weighted by atomic mass is 16.5. The van der Waals surface area contributed by atoms with Crippen molar-refractivity contribution in [3.8, 4) is 5.75 Å². The van der Waals surface area contributed by atoms with Crippen LogP contribution in [0.15, 0.2) is 24.8 Å². The maximum atomic E-state index is 9.82. The second-order valence-corrected chi connectivity index (χ2v) is 3.73. The number of hydrogen-bond acceptors (Lipinski definition) is 2. The minimum absolute atomic E-state index is 0.467. The summed E-state index contributed by atoms with van der Waals surface area (Å²) in [5.41, 5.74) is 3.02. The van der Waals surface area contributed by atoms with Gasteiger partial charge in [0.05, 0.1) is 13.2 Å². The van der Waals surface area contributed by atoms with Crippen molar-refractivity contribution in [1.82, 2.24) is 0 Å². The molecule has 1 rings (SSSR count). The second kappa shape index (κ2) is 4.99. The van der Waals surface area contributed by atoms with E-state index in [0.717, 1.165) is 22.4 Å². The molecule has 1 atom stereocenters. The third kappa shape index (κ3) is 2.60. The van der Waals surface area contributed by atoms with Crippen molar-refractivity contribution in [1.29, 1.82) is 0 Å². The molecule has 0 spiro atoms. The molecule has 0 fully saturated rings. The number of aryl methyl sites for hydroxylation is 2. The fourth-order valence-corrected chi connectivity index (χ4v) is 1.79. The van der Waals surface area contributed by atoms with E-state index in [-0.39, 0.29) is 0 Å². The van der Waals surface area contributed by atoms with Crippen LogP contribution in [0.25, 0.3) is 0 Å². The molecular weight excluding hydrogens is 188 g/mol. The molecule has 0 saturated heterocycles. The molecule has 0 heterocycles. The molecule has 0 aliphatic carbocycles. The van der Waals surface area contributed by atoms with Gasteiger partial charge >= 0.3 is 0 Å². The van der Waals surface area contributed by atoms with Gasteiger partial charge in [0.15, 0.2) is 0 Å². The molecule has 15 heavy (non-hydrogen) atoms. The van der Waals surface area contributed by atoms with Gasteiger partial charge in [0.2, 0.25) is 0 Å². The number of methoxy groups -OCH3 is 1. The summed E-state index contributed by atoms with van der Waals surface area (Å²) < 4.78 is 5.27. The molecule has 82 valence electrons. The van der Waals surface area contributed by atoms with Gasteiger partial charge in [-0.2, -0.15) is 0 Å². The van der Waals surface area contributed by atoms with Gasteiger partial charge in [-0.05, 0) is 49.1 Å². The van der Waals surface area contributed by atoms with Crippen LogP contribution in [0.1, 0.15) is 29.2 Å². The van der Waals surface area contributed by atoms with Crippen molar-refractivity contribution in [2.24, 2.45) is 0 Å². The maximum Gasteiger partial charge on any atom is 0.124 e. The fraction of sp³-hybridized carbons (Fsp3) is 0.385. The molecule has 2 heteroatoms. The normalized spacial score (nSPS) is 12.3. The summed E-state index contributed by atoms with van der Waals surface area (Å²) in [7, 11) is 1.66. The van der Waals surface area contributed by atoms with E-state index in [1.165, 1.54) is 0 Å². The van der Waals surface area contributed by atoms with Crippen molar-refractivity contribution in [3.05, 3.63) is 41.5 Å². The van der Waals surface area contributed by atoms with Crippen LogP contribution in [0.2, 0.25) is 0 Å². The monoisotopic (exact) mass is 206 g/mol. The first-order chi connectivity index (χ1) is 7.10. The first-order valence-electron chi connectivity index (χ1n) is 5.04. The molecule has 0 radical (unpaired) electrons.